The van der Waals surface area contributed by atoms with Crippen molar-refractivity contribution in [3.8, 4) is 11.3 Å². The number of aromatic nitrogens is 2. The predicted molar refractivity (Wildman–Crippen MR) is 114 cm³/mol. The molecule has 144 valence electrons. The Kier molecular flexibility index (Phi) is 5.56. The molecule has 4 nitrogen and oxygen atoms in total. The fourth-order valence-corrected chi connectivity index (χ4v) is 4.17. The molecular formula is C24H27N3O. The number of nitrogens with zero attached hydrogens (tertiary/aromatic N) is 3. The Morgan fingerprint density at radius 3 is 2.79 bits per heavy atom. The van der Waals surface area contributed by atoms with Crippen LogP contribution in [-0.4, -0.2) is 33.0 Å². The molecule has 1 amide bonds. The van der Waals surface area contributed by atoms with Gasteiger partial charge in [0.15, 0.2) is 0 Å². The van der Waals surface area contributed by atoms with E-state index in [-0.39, 0.29) is 5.91 Å². The molecule has 1 aromatic carbocycles. The van der Waals surface area contributed by atoms with Crippen LogP contribution in [0.25, 0.3) is 22.9 Å². The maximum absolute atomic E-state index is 13.0. The number of piperidine rings is 1. The molecule has 1 fully saturated rings. The quantitative estimate of drug-likeness (QED) is 0.577. The topological polar surface area (TPSA) is 37.6 Å². The Balaban J connectivity index is 1.68. The molecule has 0 N–H and O–H groups in total. The molecule has 28 heavy (non-hydrogen) atoms. The molecule has 3 aromatic rings. The van der Waals surface area contributed by atoms with Gasteiger partial charge in [-0.25, -0.2) is 4.52 Å². The molecule has 3 heterocycles. The number of likely N-dealkylation sites (tertiary alicyclic amines) is 1. The number of pyridine rings is 1. The molecular weight excluding hydrogens is 346 g/mol. The van der Waals surface area contributed by atoms with E-state index in [9.17, 15) is 4.79 Å². The van der Waals surface area contributed by atoms with E-state index in [4.69, 9.17) is 5.10 Å². The Labute approximate surface area is 166 Å². The molecule has 0 spiro atoms. The molecule has 0 radical (unpaired) electrons. The largest absolute Gasteiger partial charge is 0.336 e. The van der Waals surface area contributed by atoms with E-state index in [1.165, 1.54) is 6.42 Å². The lowest BCUT2D eigenvalue weighted by Crippen LogP contribution is -2.42. The van der Waals surface area contributed by atoms with Gasteiger partial charge in [-0.1, -0.05) is 49.7 Å². The zero-order valence-corrected chi connectivity index (χ0v) is 16.4. The van der Waals surface area contributed by atoms with Gasteiger partial charge in [0, 0.05) is 36.0 Å². The minimum Gasteiger partial charge on any atom is -0.336 e. The van der Waals surface area contributed by atoms with Crippen LogP contribution in [0.4, 0.5) is 0 Å². The number of benzene rings is 1. The number of carbonyl (C=O) groups excluding carboxylic acids is 1. The average molecular weight is 374 g/mol. The van der Waals surface area contributed by atoms with Crippen molar-refractivity contribution in [3.63, 3.8) is 0 Å². The number of fused-ring (bicyclic) bond motifs is 1. The zero-order chi connectivity index (χ0) is 19.3. The summed E-state index contributed by atoms with van der Waals surface area (Å²) >= 11 is 0. The highest BCUT2D eigenvalue weighted by Crippen LogP contribution is 2.28. The summed E-state index contributed by atoms with van der Waals surface area (Å²) in [6, 6.07) is 16.6. The Morgan fingerprint density at radius 2 is 1.96 bits per heavy atom. The van der Waals surface area contributed by atoms with Crippen molar-refractivity contribution in [3.05, 3.63) is 66.4 Å². The normalized spacial score (nSPS) is 17.5. The van der Waals surface area contributed by atoms with Gasteiger partial charge in [-0.2, -0.15) is 5.10 Å². The molecule has 2 aromatic heterocycles. The van der Waals surface area contributed by atoms with Crippen LogP contribution in [0.2, 0.25) is 0 Å². The highest BCUT2D eigenvalue weighted by atomic mass is 16.2. The van der Waals surface area contributed by atoms with E-state index in [0.717, 1.165) is 54.6 Å². The Morgan fingerprint density at radius 1 is 1.14 bits per heavy atom. The first kappa shape index (κ1) is 18.5. The third-order valence-electron chi connectivity index (χ3n) is 5.55. The predicted octanol–water partition coefficient (Wildman–Crippen LogP) is 5.20. The van der Waals surface area contributed by atoms with Crippen molar-refractivity contribution in [1.82, 2.24) is 14.5 Å². The van der Waals surface area contributed by atoms with E-state index >= 15 is 0 Å². The fourth-order valence-electron chi connectivity index (χ4n) is 4.17. The summed E-state index contributed by atoms with van der Waals surface area (Å²) in [4.78, 5) is 15.0. The van der Waals surface area contributed by atoms with Gasteiger partial charge in [0.1, 0.15) is 5.69 Å². The first-order chi connectivity index (χ1) is 13.8. The summed E-state index contributed by atoms with van der Waals surface area (Å²) in [6.07, 6.45) is 11.3. The van der Waals surface area contributed by atoms with Crippen LogP contribution in [0, 0.1) is 0 Å². The lowest BCUT2D eigenvalue weighted by molar-refractivity contribution is -0.129. The zero-order valence-electron chi connectivity index (χ0n) is 16.4. The van der Waals surface area contributed by atoms with E-state index in [2.05, 4.69) is 24.0 Å². The van der Waals surface area contributed by atoms with Crippen molar-refractivity contribution < 1.29 is 4.79 Å². The second-order valence-corrected chi connectivity index (χ2v) is 7.46. The van der Waals surface area contributed by atoms with Crippen LogP contribution in [0.3, 0.4) is 0 Å². The van der Waals surface area contributed by atoms with Gasteiger partial charge in [-0.3, -0.25) is 4.79 Å². The van der Waals surface area contributed by atoms with Gasteiger partial charge < -0.3 is 4.90 Å². The van der Waals surface area contributed by atoms with Gasteiger partial charge >= 0.3 is 0 Å². The molecule has 4 rings (SSSR count). The van der Waals surface area contributed by atoms with E-state index in [1.807, 2.05) is 53.2 Å². The van der Waals surface area contributed by atoms with Crippen molar-refractivity contribution in [2.75, 3.05) is 6.54 Å². The highest BCUT2D eigenvalue weighted by molar-refractivity contribution is 5.95. The lowest BCUT2D eigenvalue weighted by Gasteiger charge is -2.35. The Hall–Kier alpha value is -2.88. The summed E-state index contributed by atoms with van der Waals surface area (Å²) < 4.78 is 1.88. The standard InChI is InChI=1S/C24H27N3O/c1-2-10-20-13-6-8-17-26(20)23(28)16-15-21-22-14-7-9-18-27(22)25-24(21)19-11-4-3-5-12-19/h3-5,7,9,11-12,14-16,18,20H,2,6,8,10,13,17H2,1H3/b16-15+. The molecule has 0 saturated carbocycles. The van der Waals surface area contributed by atoms with E-state index < -0.39 is 0 Å². The molecule has 1 atom stereocenters. The summed E-state index contributed by atoms with van der Waals surface area (Å²) in [7, 11) is 0. The van der Waals surface area contributed by atoms with Crippen LogP contribution in [0.1, 0.15) is 44.6 Å². The van der Waals surface area contributed by atoms with Crippen molar-refractivity contribution in [1.29, 1.82) is 0 Å². The van der Waals surface area contributed by atoms with E-state index in [0.29, 0.717) is 6.04 Å². The second-order valence-electron chi connectivity index (χ2n) is 7.46. The molecule has 4 heteroatoms. The van der Waals surface area contributed by atoms with Gasteiger partial charge in [0.2, 0.25) is 5.91 Å². The maximum atomic E-state index is 13.0. The fraction of sp³-hybridized carbons (Fsp3) is 0.333. The highest BCUT2D eigenvalue weighted by Gasteiger charge is 2.24. The van der Waals surface area contributed by atoms with E-state index in [1.54, 1.807) is 6.08 Å². The average Bonchev–Trinajstić information content (AvgIpc) is 3.12. The number of rotatable bonds is 5. The first-order valence-corrected chi connectivity index (χ1v) is 10.3. The first-order valence-electron chi connectivity index (χ1n) is 10.3. The summed E-state index contributed by atoms with van der Waals surface area (Å²) in [5.41, 5.74) is 3.96. The molecule has 1 saturated heterocycles. The van der Waals surface area contributed by atoms with Gasteiger partial charge in [0.25, 0.3) is 0 Å². The summed E-state index contributed by atoms with van der Waals surface area (Å²) in [5.74, 6) is 0.118. The van der Waals surface area contributed by atoms with Crippen LogP contribution in [0.5, 0.6) is 0 Å². The van der Waals surface area contributed by atoms with Crippen molar-refractivity contribution in [2.24, 2.45) is 0 Å². The van der Waals surface area contributed by atoms with Crippen LogP contribution in [-0.2, 0) is 4.79 Å². The monoisotopic (exact) mass is 373 g/mol. The molecule has 1 aliphatic heterocycles. The molecule has 1 unspecified atom stereocenters. The molecule has 0 bridgehead atoms. The summed E-state index contributed by atoms with van der Waals surface area (Å²) in [5, 5.41) is 4.76. The third kappa shape index (κ3) is 3.72. The Bertz CT molecular complexity index is 972. The molecule has 0 aliphatic carbocycles. The van der Waals surface area contributed by atoms with Gasteiger partial charge in [0.05, 0.1) is 5.52 Å². The maximum Gasteiger partial charge on any atom is 0.246 e. The number of amides is 1. The summed E-state index contributed by atoms with van der Waals surface area (Å²) in [6.45, 7) is 3.06. The number of carbonyl (C=O) groups is 1. The number of hydrogen-bond donors (Lipinski definition) is 0. The minimum absolute atomic E-state index is 0.118. The molecule has 1 aliphatic rings. The van der Waals surface area contributed by atoms with Crippen LogP contribution >= 0.6 is 0 Å². The third-order valence-corrected chi connectivity index (χ3v) is 5.55. The van der Waals surface area contributed by atoms with Crippen molar-refractivity contribution in [2.45, 2.75) is 45.1 Å². The smallest absolute Gasteiger partial charge is 0.246 e. The van der Waals surface area contributed by atoms with Gasteiger partial charge in [-0.15, -0.1) is 0 Å². The van der Waals surface area contributed by atoms with Gasteiger partial charge in [-0.05, 0) is 43.9 Å². The van der Waals surface area contributed by atoms with Crippen LogP contribution < -0.4 is 0 Å². The second kappa shape index (κ2) is 8.42. The SMILES string of the molecule is CCCC1CCCCN1C(=O)/C=C/c1c(-c2ccccc2)nn2ccccc12. The van der Waals surface area contributed by atoms with Crippen molar-refractivity contribution >= 4 is 17.5 Å². The number of hydrogen-bond acceptors (Lipinski definition) is 2. The minimum atomic E-state index is 0.118. The lowest BCUT2D eigenvalue weighted by atomic mass is 9.98. The van der Waals surface area contributed by atoms with Crippen LogP contribution in [0.15, 0.2) is 60.8 Å².